The molecule has 0 atom stereocenters. The molecule has 1 aliphatic rings. The minimum Gasteiger partial charge on any atom is -0.312 e. The first-order valence-electron chi connectivity index (χ1n) is 6.81. The number of hydrogen-bond donors (Lipinski definition) is 1. The van der Waals surface area contributed by atoms with Gasteiger partial charge in [0.25, 0.3) is 5.69 Å². The molecule has 1 N–H and O–H groups in total. The SMILES string of the molecule is CC1(C)C(CNCc2ccc([N+](=O)[O-])cc2Br)C1(C)C. The first-order valence-corrected chi connectivity index (χ1v) is 7.61. The zero-order chi connectivity index (χ0) is 15.1. The van der Waals surface area contributed by atoms with Crippen molar-refractivity contribution >= 4 is 21.6 Å². The highest BCUT2D eigenvalue weighted by Gasteiger charge is 2.63. The number of benzene rings is 1. The van der Waals surface area contributed by atoms with E-state index in [0.29, 0.717) is 16.7 Å². The first-order chi connectivity index (χ1) is 9.18. The van der Waals surface area contributed by atoms with Gasteiger partial charge >= 0.3 is 0 Å². The zero-order valence-corrected chi connectivity index (χ0v) is 14.0. The molecule has 0 spiro atoms. The van der Waals surface area contributed by atoms with Gasteiger partial charge in [-0.1, -0.05) is 43.6 Å². The second kappa shape index (κ2) is 5.11. The molecule has 0 unspecified atom stereocenters. The molecule has 1 aromatic rings. The van der Waals surface area contributed by atoms with Crippen LogP contribution in [0.2, 0.25) is 0 Å². The molecular weight excluding hydrogens is 320 g/mol. The maximum Gasteiger partial charge on any atom is 0.270 e. The van der Waals surface area contributed by atoms with Crippen molar-refractivity contribution in [1.29, 1.82) is 0 Å². The van der Waals surface area contributed by atoms with Crippen LogP contribution in [0, 0.1) is 26.9 Å². The lowest BCUT2D eigenvalue weighted by Gasteiger charge is -2.08. The first kappa shape index (κ1) is 15.4. The molecule has 0 amide bonds. The van der Waals surface area contributed by atoms with Crippen molar-refractivity contribution in [3.8, 4) is 0 Å². The Hall–Kier alpha value is -0.940. The van der Waals surface area contributed by atoms with E-state index >= 15 is 0 Å². The summed E-state index contributed by atoms with van der Waals surface area (Å²) in [5, 5.41) is 14.2. The Labute approximate surface area is 128 Å². The van der Waals surface area contributed by atoms with Crippen LogP contribution in [0.4, 0.5) is 5.69 Å². The molecule has 5 heteroatoms. The summed E-state index contributed by atoms with van der Waals surface area (Å²) in [6.45, 7) is 10.9. The lowest BCUT2D eigenvalue weighted by atomic mass is 10.0. The summed E-state index contributed by atoms with van der Waals surface area (Å²) in [4.78, 5) is 10.3. The van der Waals surface area contributed by atoms with Crippen LogP contribution in [0.15, 0.2) is 22.7 Å². The normalized spacial score (nSPS) is 19.9. The van der Waals surface area contributed by atoms with Gasteiger partial charge in [-0.3, -0.25) is 10.1 Å². The van der Waals surface area contributed by atoms with Gasteiger partial charge in [0.05, 0.1) is 4.92 Å². The Kier molecular flexibility index (Phi) is 3.95. The Morgan fingerprint density at radius 2 is 1.90 bits per heavy atom. The highest BCUT2D eigenvalue weighted by molar-refractivity contribution is 9.10. The highest BCUT2D eigenvalue weighted by atomic mass is 79.9. The van der Waals surface area contributed by atoms with Crippen LogP contribution in [0.5, 0.6) is 0 Å². The van der Waals surface area contributed by atoms with Crippen LogP contribution >= 0.6 is 15.9 Å². The maximum absolute atomic E-state index is 10.7. The molecule has 0 heterocycles. The molecule has 1 fully saturated rings. The summed E-state index contributed by atoms with van der Waals surface area (Å²) >= 11 is 3.40. The fourth-order valence-corrected chi connectivity index (χ4v) is 3.49. The number of rotatable bonds is 5. The quantitative estimate of drug-likeness (QED) is 0.647. The molecule has 0 radical (unpaired) electrons. The van der Waals surface area contributed by atoms with Crippen LogP contribution in [0.25, 0.3) is 0 Å². The molecule has 1 saturated carbocycles. The molecule has 0 aromatic heterocycles. The molecule has 2 rings (SSSR count). The zero-order valence-electron chi connectivity index (χ0n) is 12.4. The number of nitro benzene ring substituents is 1. The van der Waals surface area contributed by atoms with E-state index in [2.05, 4.69) is 48.9 Å². The van der Waals surface area contributed by atoms with Crippen molar-refractivity contribution in [2.75, 3.05) is 6.54 Å². The van der Waals surface area contributed by atoms with Crippen LogP contribution in [-0.2, 0) is 6.54 Å². The lowest BCUT2D eigenvalue weighted by molar-refractivity contribution is -0.384. The molecule has 1 aromatic carbocycles. The van der Waals surface area contributed by atoms with Crippen LogP contribution in [-0.4, -0.2) is 11.5 Å². The van der Waals surface area contributed by atoms with E-state index in [-0.39, 0.29) is 10.6 Å². The predicted molar refractivity (Wildman–Crippen MR) is 83.6 cm³/mol. The number of nitro groups is 1. The number of non-ortho nitro benzene ring substituents is 1. The smallest absolute Gasteiger partial charge is 0.270 e. The lowest BCUT2D eigenvalue weighted by Crippen LogP contribution is -2.19. The van der Waals surface area contributed by atoms with E-state index < -0.39 is 0 Å². The largest absolute Gasteiger partial charge is 0.312 e. The van der Waals surface area contributed by atoms with Gasteiger partial charge in [-0.2, -0.15) is 0 Å². The van der Waals surface area contributed by atoms with Gasteiger partial charge in [-0.25, -0.2) is 0 Å². The van der Waals surface area contributed by atoms with Crippen LogP contribution < -0.4 is 5.32 Å². The minimum atomic E-state index is -0.378. The van der Waals surface area contributed by atoms with Crippen molar-refractivity contribution in [2.45, 2.75) is 34.2 Å². The van der Waals surface area contributed by atoms with Crippen molar-refractivity contribution in [3.05, 3.63) is 38.3 Å². The molecule has 20 heavy (non-hydrogen) atoms. The number of nitrogens with one attached hydrogen (secondary N) is 1. The van der Waals surface area contributed by atoms with Crippen molar-refractivity contribution < 1.29 is 4.92 Å². The summed E-state index contributed by atoms with van der Waals surface area (Å²) in [6, 6.07) is 4.91. The highest BCUT2D eigenvalue weighted by Crippen LogP contribution is 2.67. The van der Waals surface area contributed by atoms with Crippen LogP contribution in [0.3, 0.4) is 0 Å². The van der Waals surface area contributed by atoms with Crippen molar-refractivity contribution in [3.63, 3.8) is 0 Å². The monoisotopic (exact) mass is 340 g/mol. The summed E-state index contributed by atoms with van der Waals surface area (Å²) in [5.74, 6) is 0.673. The molecular formula is C15H21BrN2O2. The van der Waals surface area contributed by atoms with E-state index in [9.17, 15) is 10.1 Å². The Morgan fingerprint density at radius 3 is 2.35 bits per heavy atom. The molecule has 0 aliphatic heterocycles. The van der Waals surface area contributed by atoms with E-state index in [1.165, 1.54) is 0 Å². The summed E-state index contributed by atoms with van der Waals surface area (Å²) in [7, 11) is 0. The van der Waals surface area contributed by atoms with E-state index in [1.807, 2.05) is 0 Å². The van der Waals surface area contributed by atoms with E-state index in [4.69, 9.17) is 0 Å². The Balaban J connectivity index is 1.91. The van der Waals surface area contributed by atoms with Gasteiger partial charge in [0.15, 0.2) is 0 Å². The van der Waals surface area contributed by atoms with Crippen molar-refractivity contribution in [2.24, 2.45) is 16.7 Å². The van der Waals surface area contributed by atoms with Gasteiger partial charge in [-0.15, -0.1) is 0 Å². The average molecular weight is 341 g/mol. The van der Waals surface area contributed by atoms with E-state index in [0.717, 1.165) is 23.1 Å². The molecule has 4 nitrogen and oxygen atoms in total. The summed E-state index contributed by atoms with van der Waals surface area (Å²) in [5.41, 5.74) is 1.93. The number of hydrogen-bond acceptors (Lipinski definition) is 3. The fraction of sp³-hybridized carbons (Fsp3) is 0.600. The second-order valence-electron chi connectivity index (χ2n) is 6.66. The van der Waals surface area contributed by atoms with Gasteiger partial charge in [0.2, 0.25) is 0 Å². The minimum absolute atomic E-state index is 0.116. The maximum atomic E-state index is 10.7. The third-order valence-electron chi connectivity index (χ3n) is 5.23. The fourth-order valence-electron chi connectivity index (χ4n) is 2.99. The second-order valence-corrected chi connectivity index (χ2v) is 7.51. The standard InChI is InChI=1S/C15H21BrN2O2/c1-14(2)13(15(14,3)4)9-17-8-10-5-6-11(18(19)20)7-12(10)16/h5-7,13,17H,8-9H2,1-4H3. The third-order valence-corrected chi connectivity index (χ3v) is 5.97. The van der Waals surface area contributed by atoms with Crippen LogP contribution in [0.1, 0.15) is 33.3 Å². The molecule has 0 saturated heterocycles. The molecule has 1 aliphatic carbocycles. The Bertz CT molecular complexity index is 527. The van der Waals surface area contributed by atoms with Crippen molar-refractivity contribution in [1.82, 2.24) is 5.32 Å². The summed E-state index contributed by atoms with van der Waals surface area (Å²) < 4.78 is 0.786. The predicted octanol–water partition coefficient (Wildman–Crippen LogP) is 4.13. The number of nitrogens with zero attached hydrogens (tertiary/aromatic N) is 1. The average Bonchev–Trinajstić information content (AvgIpc) is 2.73. The molecule has 0 bridgehead atoms. The summed E-state index contributed by atoms with van der Waals surface area (Å²) in [6.07, 6.45) is 0. The van der Waals surface area contributed by atoms with Gasteiger partial charge in [-0.05, 0) is 34.9 Å². The van der Waals surface area contributed by atoms with E-state index in [1.54, 1.807) is 18.2 Å². The topological polar surface area (TPSA) is 55.2 Å². The Morgan fingerprint density at radius 1 is 1.30 bits per heavy atom. The van der Waals surface area contributed by atoms with Gasteiger partial charge < -0.3 is 5.32 Å². The molecule has 110 valence electrons. The van der Waals surface area contributed by atoms with Gasteiger partial charge in [0.1, 0.15) is 0 Å². The van der Waals surface area contributed by atoms with Gasteiger partial charge in [0, 0.05) is 23.2 Å². The number of halogens is 1. The third kappa shape index (κ3) is 2.61.